The maximum Gasteiger partial charge on any atom is 0.271 e. The molecule has 18 heavy (non-hydrogen) atoms. The fraction of sp³-hybridized carbons (Fsp3) is 0.0909. The quantitative estimate of drug-likeness (QED) is 0.815. The Kier molecular flexibility index (Phi) is 4.15. The lowest BCUT2D eigenvalue weighted by Crippen LogP contribution is -2.11. The van der Waals surface area contributed by atoms with Crippen LogP contribution in [0, 0.1) is 6.92 Å². The molecule has 0 bridgehead atoms. The topological polar surface area (TPSA) is 46.2 Å². The number of benzene rings is 1. The number of sulfonamides is 1. The van der Waals surface area contributed by atoms with E-state index >= 15 is 0 Å². The number of thiophene rings is 1. The number of rotatable bonds is 3. The highest BCUT2D eigenvalue weighted by Gasteiger charge is 2.16. The van der Waals surface area contributed by atoms with E-state index in [4.69, 9.17) is 0 Å². The summed E-state index contributed by atoms with van der Waals surface area (Å²) in [6.07, 6.45) is 0. The molecule has 0 fully saturated rings. The molecule has 0 unspecified atom stereocenters. The van der Waals surface area contributed by atoms with Crippen LogP contribution in [-0.2, 0) is 10.0 Å². The number of nitrogens with one attached hydrogen (secondary N) is 1. The van der Waals surface area contributed by atoms with E-state index in [2.05, 4.69) is 36.6 Å². The SMILES string of the molecule is Cc1cc(NS(=O)(=O)c2ccc(Br)s2)ccc1Br. The van der Waals surface area contributed by atoms with Gasteiger partial charge in [0.05, 0.1) is 3.79 Å². The minimum absolute atomic E-state index is 0.287. The van der Waals surface area contributed by atoms with Gasteiger partial charge in [-0.15, -0.1) is 11.3 Å². The van der Waals surface area contributed by atoms with E-state index in [-0.39, 0.29) is 4.21 Å². The van der Waals surface area contributed by atoms with E-state index in [0.717, 1.165) is 13.8 Å². The van der Waals surface area contributed by atoms with Crippen LogP contribution in [0.25, 0.3) is 0 Å². The molecule has 2 rings (SSSR count). The average molecular weight is 411 g/mol. The summed E-state index contributed by atoms with van der Waals surface area (Å²) in [4.78, 5) is 0. The number of anilines is 1. The van der Waals surface area contributed by atoms with E-state index < -0.39 is 10.0 Å². The Morgan fingerprint density at radius 1 is 1.17 bits per heavy atom. The van der Waals surface area contributed by atoms with Crippen molar-refractivity contribution < 1.29 is 8.42 Å². The minimum atomic E-state index is -3.50. The van der Waals surface area contributed by atoms with Crippen molar-refractivity contribution in [2.45, 2.75) is 11.1 Å². The molecule has 1 aromatic heterocycles. The molecule has 0 amide bonds. The van der Waals surface area contributed by atoms with Crippen LogP contribution >= 0.6 is 43.2 Å². The van der Waals surface area contributed by atoms with Crippen molar-refractivity contribution in [3.63, 3.8) is 0 Å². The second-order valence-corrected chi connectivity index (χ2v) is 8.85. The normalized spacial score (nSPS) is 11.5. The second-order valence-electron chi connectivity index (χ2n) is 3.63. The maximum absolute atomic E-state index is 12.1. The van der Waals surface area contributed by atoms with Crippen molar-refractivity contribution >= 4 is 58.9 Å². The molecule has 3 nitrogen and oxygen atoms in total. The van der Waals surface area contributed by atoms with Crippen LogP contribution in [0.2, 0.25) is 0 Å². The van der Waals surface area contributed by atoms with E-state index in [1.807, 2.05) is 13.0 Å². The van der Waals surface area contributed by atoms with Crippen LogP contribution in [0.3, 0.4) is 0 Å². The van der Waals surface area contributed by atoms with Gasteiger partial charge in [-0.25, -0.2) is 8.42 Å². The third-order valence-electron chi connectivity index (χ3n) is 2.22. The standard InChI is InChI=1S/C11H9Br2NO2S2/c1-7-6-8(2-3-9(7)12)14-18(15,16)11-5-4-10(13)17-11/h2-6,14H,1H3. The molecule has 96 valence electrons. The van der Waals surface area contributed by atoms with E-state index in [9.17, 15) is 8.42 Å². The summed E-state index contributed by atoms with van der Waals surface area (Å²) in [7, 11) is -3.50. The number of hydrogen-bond donors (Lipinski definition) is 1. The highest BCUT2D eigenvalue weighted by Crippen LogP contribution is 2.28. The molecule has 1 N–H and O–H groups in total. The largest absolute Gasteiger partial charge is 0.279 e. The first-order chi connectivity index (χ1) is 8.38. The predicted molar refractivity (Wildman–Crippen MR) is 81.7 cm³/mol. The lowest BCUT2D eigenvalue weighted by molar-refractivity contribution is 0.603. The third kappa shape index (κ3) is 3.14. The first-order valence-corrected chi connectivity index (χ1v) is 8.81. The number of aryl methyl sites for hydroxylation is 1. The zero-order chi connectivity index (χ0) is 13.3. The summed E-state index contributed by atoms with van der Waals surface area (Å²) < 4.78 is 28.7. The van der Waals surface area contributed by atoms with Gasteiger partial charge in [0, 0.05) is 10.2 Å². The second kappa shape index (κ2) is 5.32. The van der Waals surface area contributed by atoms with Crippen LogP contribution in [0.15, 0.2) is 42.8 Å². The van der Waals surface area contributed by atoms with Gasteiger partial charge in [0.15, 0.2) is 0 Å². The Bertz CT molecular complexity index is 680. The molecular weight excluding hydrogens is 402 g/mol. The minimum Gasteiger partial charge on any atom is -0.279 e. The number of hydrogen-bond acceptors (Lipinski definition) is 3. The van der Waals surface area contributed by atoms with Crippen molar-refractivity contribution in [1.29, 1.82) is 0 Å². The Balaban J connectivity index is 2.30. The van der Waals surface area contributed by atoms with Gasteiger partial charge in [0.1, 0.15) is 4.21 Å². The summed E-state index contributed by atoms with van der Waals surface area (Å²) in [5, 5.41) is 0. The van der Waals surface area contributed by atoms with Crippen molar-refractivity contribution in [1.82, 2.24) is 0 Å². The average Bonchev–Trinajstić information content (AvgIpc) is 2.71. The zero-order valence-electron chi connectivity index (χ0n) is 9.28. The first-order valence-electron chi connectivity index (χ1n) is 4.93. The molecule has 0 radical (unpaired) electrons. The summed E-state index contributed by atoms with van der Waals surface area (Å²) in [5.74, 6) is 0. The van der Waals surface area contributed by atoms with Gasteiger partial charge in [0.25, 0.3) is 10.0 Å². The van der Waals surface area contributed by atoms with Crippen LogP contribution in [0.5, 0.6) is 0 Å². The van der Waals surface area contributed by atoms with Gasteiger partial charge < -0.3 is 0 Å². The summed E-state index contributed by atoms with van der Waals surface area (Å²) in [6, 6.07) is 8.61. The molecule has 0 saturated heterocycles. The van der Waals surface area contributed by atoms with E-state index in [0.29, 0.717) is 5.69 Å². The van der Waals surface area contributed by atoms with E-state index in [1.165, 1.54) is 11.3 Å². The lowest BCUT2D eigenvalue weighted by Gasteiger charge is -2.07. The van der Waals surface area contributed by atoms with Crippen LogP contribution in [0.4, 0.5) is 5.69 Å². The van der Waals surface area contributed by atoms with Crippen molar-refractivity contribution in [2.24, 2.45) is 0 Å². The van der Waals surface area contributed by atoms with Gasteiger partial charge in [0.2, 0.25) is 0 Å². The van der Waals surface area contributed by atoms with Crippen molar-refractivity contribution in [3.8, 4) is 0 Å². The highest BCUT2D eigenvalue weighted by molar-refractivity contribution is 9.11. The van der Waals surface area contributed by atoms with Crippen molar-refractivity contribution in [3.05, 3.63) is 44.2 Å². The molecule has 0 saturated carbocycles. The molecule has 2 aromatic rings. The molecule has 1 heterocycles. The Hall–Kier alpha value is -0.370. The Morgan fingerprint density at radius 3 is 2.44 bits per heavy atom. The molecule has 1 aromatic carbocycles. The fourth-order valence-electron chi connectivity index (χ4n) is 1.36. The summed E-state index contributed by atoms with van der Waals surface area (Å²) in [5.41, 5.74) is 1.53. The molecular formula is C11H9Br2NO2S2. The maximum atomic E-state index is 12.1. The first kappa shape index (κ1) is 14.0. The van der Waals surface area contributed by atoms with Gasteiger partial charge in [-0.1, -0.05) is 15.9 Å². The van der Waals surface area contributed by atoms with E-state index in [1.54, 1.807) is 24.3 Å². The monoisotopic (exact) mass is 409 g/mol. The van der Waals surface area contributed by atoms with Crippen LogP contribution in [0.1, 0.15) is 5.56 Å². The van der Waals surface area contributed by atoms with Gasteiger partial charge in [-0.05, 0) is 58.7 Å². The van der Waals surface area contributed by atoms with Gasteiger partial charge in [-0.3, -0.25) is 4.72 Å². The van der Waals surface area contributed by atoms with Gasteiger partial charge in [-0.2, -0.15) is 0 Å². The molecule has 0 atom stereocenters. The number of halogens is 2. The Morgan fingerprint density at radius 2 is 1.89 bits per heavy atom. The third-order valence-corrected chi connectivity index (χ3v) is 6.61. The molecule has 0 aliphatic heterocycles. The van der Waals surface area contributed by atoms with Crippen LogP contribution < -0.4 is 4.72 Å². The van der Waals surface area contributed by atoms with Gasteiger partial charge >= 0.3 is 0 Å². The smallest absolute Gasteiger partial charge is 0.271 e. The highest BCUT2D eigenvalue weighted by atomic mass is 79.9. The van der Waals surface area contributed by atoms with Crippen molar-refractivity contribution in [2.75, 3.05) is 4.72 Å². The fourth-order valence-corrected chi connectivity index (χ4v) is 4.66. The summed E-state index contributed by atoms with van der Waals surface area (Å²) >= 11 is 7.81. The summed E-state index contributed by atoms with van der Waals surface area (Å²) in [6.45, 7) is 1.91. The predicted octanol–water partition coefficient (Wildman–Crippen LogP) is 4.38. The lowest BCUT2D eigenvalue weighted by atomic mass is 10.2. The Labute approximate surface area is 127 Å². The molecule has 0 aliphatic rings. The molecule has 0 aliphatic carbocycles. The molecule has 0 spiro atoms. The zero-order valence-corrected chi connectivity index (χ0v) is 14.1. The molecule has 7 heteroatoms. The van der Waals surface area contributed by atoms with Crippen LogP contribution in [-0.4, -0.2) is 8.42 Å².